The van der Waals surface area contributed by atoms with E-state index in [1.807, 2.05) is 19.1 Å². The molecule has 0 bridgehead atoms. The minimum absolute atomic E-state index is 0.0425. The van der Waals surface area contributed by atoms with Gasteiger partial charge in [0.2, 0.25) is 0 Å². The summed E-state index contributed by atoms with van der Waals surface area (Å²) < 4.78 is 0. The monoisotopic (exact) mass is 232 g/mol. The van der Waals surface area contributed by atoms with Crippen LogP contribution in [0.2, 0.25) is 0 Å². The van der Waals surface area contributed by atoms with E-state index >= 15 is 0 Å². The summed E-state index contributed by atoms with van der Waals surface area (Å²) in [4.78, 5) is 2.33. The highest BCUT2D eigenvalue weighted by Gasteiger charge is 2.23. The highest BCUT2D eigenvalue weighted by molar-refractivity contribution is 5.57. The molecule has 0 spiro atoms. The van der Waals surface area contributed by atoms with Gasteiger partial charge in [0, 0.05) is 23.8 Å². The van der Waals surface area contributed by atoms with Crippen molar-refractivity contribution in [2.45, 2.75) is 39.3 Å². The molecule has 0 heterocycles. The lowest BCUT2D eigenvalue weighted by atomic mass is 10.00. The van der Waals surface area contributed by atoms with Crippen molar-refractivity contribution in [1.82, 2.24) is 0 Å². The standard InChI is InChI=1S/C15H24N2/c1-6-11-17(15(3,4)5)14-10-8-7-9-13(14)12(2)16/h6-10,12H,1,11,16H2,2-5H3/t12-/m1/s1. The molecule has 2 heteroatoms. The fraction of sp³-hybridized carbons (Fsp3) is 0.467. The topological polar surface area (TPSA) is 29.3 Å². The van der Waals surface area contributed by atoms with Gasteiger partial charge in [-0.15, -0.1) is 6.58 Å². The molecule has 1 rings (SSSR count). The van der Waals surface area contributed by atoms with Gasteiger partial charge in [-0.1, -0.05) is 24.3 Å². The third kappa shape index (κ3) is 3.34. The minimum Gasteiger partial charge on any atom is -0.363 e. The van der Waals surface area contributed by atoms with Crippen LogP contribution in [-0.2, 0) is 0 Å². The lowest BCUT2D eigenvalue weighted by molar-refractivity contribution is 0.519. The molecular weight excluding hydrogens is 208 g/mol. The van der Waals surface area contributed by atoms with Crippen molar-refractivity contribution >= 4 is 5.69 Å². The molecule has 1 atom stereocenters. The molecule has 0 aliphatic carbocycles. The number of hydrogen-bond acceptors (Lipinski definition) is 2. The zero-order chi connectivity index (χ0) is 13.1. The van der Waals surface area contributed by atoms with Gasteiger partial charge in [-0.05, 0) is 39.3 Å². The smallest absolute Gasteiger partial charge is 0.0421 e. The van der Waals surface area contributed by atoms with Crippen molar-refractivity contribution in [3.63, 3.8) is 0 Å². The Morgan fingerprint density at radius 1 is 1.35 bits per heavy atom. The molecule has 0 saturated carbocycles. The highest BCUT2D eigenvalue weighted by Crippen LogP contribution is 2.30. The van der Waals surface area contributed by atoms with Crippen molar-refractivity contribution in [2.75, 3.05) is 11.4 Å². The molecule has 0 unspecified atom stereocenters. The van der Waals surface area contributed by atoms with E-state index in [0.717, 1.165) is 6.54 Å². The van der Waals surface area contributed by atoms with E-state index < -0.39 is 0 Å². The van der Waals surface area contributed by atoms with Gasteiger partial charge in [0.1, 0.15) is 0 Å². The quantitative estimate of drug-likeness (QED) is 0.805. The average molecular weight is 232 g/mol. The molecule has 0 aromatic heterocycles. The third-order valence-electron chi connectivity index (χ3n) is 2.84. The SMILES string of the molecule is C=CCN(c1ccccc1[C@@H](C)N)C(C)(C)C. The van der Waals surface area contributed by atoms with Gasteiger partial charge < -0.3 is 10.6 Å². The van der Waals surface area contributed by atoms with Crippen molar-refractivity contribution in [2.24, 2.45) is 5.73 Å². The summed E-state index contributed by atoms with van der Waals surface area (Å²) in [6, 6.07) is 8.37. The predicted octanol–water partition coefficient (Wildman–Crippen LogP) is 3.50. The zero-order valence-electron chi connectivity index (χ0n) is 11.4. The molecule has 0 saturated heterocycles. The van der Waals surface area contributed by atoms with Crippen molar-refractivity contribution in [1.29, 1.82) is 0 Å². The Hall–Kier alpha value is -1.28. The summed E-state index contributed by atoms with van der Waals surface area (Å²) in [5, 5.41) is 0. The number of nitrogens with two attached hydrogens (primary N) is 1. The fourth-order valence-corrected chi connectivity index (χ4v) is 1.98. The first-order chi connectivity index (χ1) is 7.88. The van der Waals surface area contributed by atoms with Crippen LogP contribution in [-0.4, -0.2) is 12.1 Å². The van der Waals surface area contributed by atoms with Gasteiger partial charge in [-0.2, -0.15) is 0 Å². The minimum atomic E-state index is 0.0425. The lowest BCUT2D eigenvalue weighted by Crippen LogP contribution is -2.42. The van der Waals surface area contributed by atoms with Crippen LogP contribution in [0.15, 0.2) is 36.9 Å². The van der Waals surface area contributed by atoms with Crippen molar-refractivity contribution in [3.05, 3.63) is 42.5 Å². The van der Waals surface area contributed by atoms with Crippen LogP contribution in [0, 0.1) is 0 Å². The zero-order valence-corrected chi connectivity index (χ0v) is 11.4. The van der Waals surface area contributed by atoms with Gasteiger partial charge >= 0.3 is 0 Å². The summed E-state index contributed by atoms with van der Waals surface area (Å²) in [6.45, 7) is 13.3. The van der Waals surface area contributed by atoms with E-state index in [2.05, 4.69) is 50.4 Å². The second-order valence-corrected chi connectivity index (χ2v) is 5.42. The van der Waals surface area contributed by atoms with Crippen molar-refractivity contribution < 1.29 is 0 Å². The van der Waals surface area contributed by atoms with Crippen LogP contribution < -0.4 is 10.6 Å². The largest absolute Gasteiger partial charge is 0.363 e. The number of nitrogens with zero attached hydrogens (tertiary/aromatic N) is 1. The predicted molar refractivity (Wildman–Crippen MR) is 76.3 cm³/mol. The Morgan fingerprint density at radius 3 is 2.41 bits per heavy atom. The molecule has 0 radical (unpaired) electrons. The average Bonchev–Trinajstić information content (AvgIpc) is 2.24. The van der Waals surface area contributed by atoms with Gasteiger partial charge in [0.15, 0.2) is 0 Å². The van der Waals surface area contributed by atoms with Gasteiger partial charge in [0.25, 0.3) is 0 Å². The van der Waals surface area contributed by atoms with Gasteiger partial charge in [-0.25, -0.2) is 0 Å². The van der Waals surface area contributed by atoms with E-state index in [1.54, 1.807) is 0 Å². The van der Waals surface area contributed by atoms with Gasteiger partial charge in [-0.3, -0.25) is 0 Å². The Kier molecular flexibility index (Phi) is 4.35. The molecule has 17 heavy (non-hydrogen) atoms. The summed E-state index contributed by atoms with van der Waals surface area (Å²) in [5.74, 6) is 0. The third-order valence-corrected chi connectivity index (χ3v) is 2.84. The lowest BCUT2D eigenvalue weighted by Gasteiger charge is -2.38. The molecule has 2 nitrogen and oxygen atoms in total. The number of para-hydroxylation sites is 1. The Bertz CT molecular complexity index is 375. The Labute approximate surface area is 105 Å². The Balaban J connectivity index is 3.23. The molecular formula is C15H24N2. The molecule has 2 N–H and O–H groups in total. The fourth-order valence-electron chi connectivity index (χ4n) is 1.98. The molecule has 1 aromatic rings. The maximum atomic E-state index is 6.04. The van der Waals surface area contributed by atoms with Crippen LogP contribution in [0.25, 0.3) is 0 Å². The second-order valence-electron chi connectivity index (χ2n) is 5.42. The van der Waals surface area contributed by atoms with Crippen LogP contribution in [0.4, 0.5) is 5.69 Å². The molecule has 0 amide bonds. The summed E-state index contributed by atoms with van der Waals surface area (Å²) in [6.07, 6.45) is 1.93. The van der Waals surface area contributed by atoms with E-state index in [0.29, 0.717) is 0 Å². The number of benzene rings is 1. The molecule has 1 aromatic carbocycles. The molecule has 0 fully saturated rings. The van der Waals surface area contributed by atoms with Crippen LogP contribution >= 0.6 is 0 Å². The number of rotatable bonds is 4. The molecule has 0 aliphatic heterocycles. The molecule has 0 aliphatic rings. The first-order valence-electron chi connectivity index (χ1n) is 6.11. The van der Waals surface area contributed by atoms with Crippen LogP contribution in [0.3, 0.4) is 0 Å². The summed E-state index contributed by atoms with van der Waals surface area (Å²) in [7, 11) is 0. The molecule has 94 valence electrons. The second kappa shape index (κ2) is 5.37. The maximum Gasteiger partial charge on any atom is 0.0421 e. The van der Waals surface area contributed by atoms with E-state index in [1.165, 1.54) is 11.3 Å². The van der Waals surface area contributed by atoms with Crippen LogP contribution in [0.1, 0.15) is 39.3 Å². The first kappa shape index (κ1) is 13.8. The normalized spacial score (nSPS) is 13.2. The maximum absolute atomic E-state index is 6.04. The van der Waals surface area contributed by atoms with Crippen LogP contribution in [0.5, 0.6) is 0 Å². The number of hydrogen-bond donors (Lipinski definition) is 1. The summed E-state index contributed by atoms with van der Waals surface area (Å²) >= 11 is 0. The Morgan fingerprint density at radius 2 is 1.94 bits per heavy atom. The van der Waals surface area contributed by atoms with E-state index in [4.69, 9.17) is 5.73 Å². The number of anilines is 1. The van der Waals surface area contributed by atoms with Gasteiger partial charge in [0.05, 0.1) is 0 Å². The van der Waals surface area contributed by atoms with E-state index in [-0.39, 0.29) is 11.6 Å². The summed E-state index contributed by atoms with van der Waals surface area (Å²) in [5.41, 5.74) is 8.48. The highest BCUT2D eigenvalue weighted by atomic mass is 15.2. The van der Waals surface area contributed by atoms with Crippen molar-refractivity contribution in [3.8, 4) is 0 Å². The first-order valence-corrected chi connectivity index (χ1v) is 6.11. The van der Waals surface area contributed by atoms with E-state index in [9.17, 15) is 0 Å².